The second-order valence-corrected chi connectivity index (χ2v) is 4.91. The lowest BCUT2D eigenvalue weighted by Crippen LogP contribution is -2.26. The highest BCUT2D eigenvalue weighted by atomic mass is 19.1. The normalized spacial score (nSPS) is 10.6. The number of halogens is 1. The monoisotopic (exact) mass is 296 g/mol. The first-order valence-corrected chi connectivity index (χ1v) is 6.78. The van der Waals surface area contributed by atoms with Crippen LogP contribution in [0.5, 0.6) is 0 Å². The Morgan fingerprint density at radius 1 is 1.09 bits per heavy atom. The van der Waals surface area contributed by atoms with Gasteiger partial charge in [-0.05, 0) is 29.1 Å². The molecule has 3 aromatic rings. The van der Waals surface area contributed by atoms with Crippen molar-refractivity contribution in [1.29, 1.82) is 0 Å². The van der Waals surface area contributed by atoms with Crippen molar-refractivity contribution in [3.8, 4) is 0 Å². The number of hydrogen-bond acceptors (Lipinski definition) is 2. The molecule has 110 valence electrons. The summed E-state index contributed by atoms with van der Waals surface area (Å²) < 4.78 is 13.2. The highest BCUT2D eigenvalue weighted by Gasteiger charge is 2.10. The summed E-state index contributed by atoms with van der Waals surface area (Å²) in [7, 11) is 0. The molecule has 3 rings (SSSR count). The maximum Gasteiger partial charge on any atom is 0.268 e. The highest BCUT2D eigenvalue weighted by Crippen LogP contribution is 2.12. The summed E-state index contributed by atoms with van der Waals surface area (Å²) >= 11 is 0. The SMILES string of the molecule is O=C(NCc1ccccc1)c1cc2ccc(F)cc2c(=O)[nH]1. The number of hydrogen-bond donors (Lipinski definition) is 2. The average molecular weight is 296 g/mol. The van der Waals surface area contributed by atoms with Crippen molar-refractivity contribution in [2.24, 2.45) is 0 Å². The Balaban J connectivity index is 1.85. The third-order valence-electron chi connectivity index (χ3n) is 3.35. The van der Waals surface area contributed by atoms with E-state index in [0.717, 1.165) is 11.6 Å². The van der Waals surface area contributed by atoms with Crippen molar-refractivity contribution in [2.75, 3.05) is 0 Å². The van der Waals surface area contributed by atoms with Gasteiger partial charge in [0.25, 0.3) is 11.5 Å². The van der Waals surface area contributed by atoms with Gasteiger partial charge < -0.3 is 10.3 Å². The second kappa shape index (κ2) is 5.81. The van der Waals surface area contributed by atoms with E-state index in [1.807, 2.05) is 30.3 Å². The van der Waals surface area contributed by atoms with Gasteiger partial charge in [0.15, 0.2) is 0 Å². The molecule has 0 radical (unpaired) electrons. The van der Waals surface area contributed by atoms with Crippen LogP contribution in [0.4, 0.5) is 4.39 Å². The van der Waals surface area contributed by atoms with Crippen LogP contribution in [-0.2, 0) is 6.54 Å². The van der Waals surface area contributed by atoms with E-state index in [1.165, 1.54) is 18.2 Å². The smallest absolute Gasteiger partial charge is 0.268 e. The lowest BCUT2D eigenvalue weighted by Gasteiger charge is -2.06. The molecule has 1 heterocycles. The second-order valence-electron chi connectivity index (χ2n) is 4.91. The molecule has 0 spiro atoms. The van der Waals surface area contributed by atoms with Crippen molar-refractivity contribution >= 4 is 16.7 Å². The average Bonchev–Trinajstić information content (AvgIpc) is 2.54. The third-order valence-corrected chi connectivity index (χ3v) is 3.35. The Morgan fingerprint density at radius 2 is 1.86 bits per heavy atom. The number of carbonyl (C=O) groups excluding carboxylic acids is 1. The molecule has 0 bridgehead atoms. The van der Waals surface area contributed by atoms with E-state index in [1.54, 1.807) is 0 Å². The molecule has 0 saturated heterocycles. The molecule has 0 saturated carbocycles. The van der Waals surface area contributed by atoms with E-state index in [0.29, 0.717) is 11.9 Å². The Bertz CT molecular complexity index is 888. The number of aromatic nitrogens is 1. The number of H-pyrrole nitrogens is 1. The van der Waals surface area contributed by atoms with E-state index in [9.17, 15) is 14.0 Å². The molecule has 0 fully saturated rings. The number of rotatable bonds is 3. The molecule has 1 aromatic heterocycles. The van der Waals surface area contributed by atoms with Crippen molar-refractivity contribution < 1.29 is 9.18 Å². The van der Waals surface area contributed by atoms with Gasteiger partial charge in [0.2, 0.25) is 0 Å². The zero-order chi connectivity index (χ0) is 15.5. The van der Waals surface area contributed by atoms with E-state index in [-0.39, 0.29) is 17.0 Å². The maximum atomic E-state index is 13.2. The standard InChI is InChI=1S/C17H13FN2O2/c18-13-7-6-12-8-15(20-16(21)14(12)9-13)17(22)19-10-11-4-2-1-3-5-11/h1-9H,10H2,(H,19,22)(H,20,21). The molecule has 2 N–H and O–H groups in total. The third kappa shape index (κ3) is 2.88. The molecule has 4 nitrogen and oxygen atoms in total. The van der Waals surface area contributed by atoms with Gasteiger partial charge in [-0.2, -0.15) is 0 Å². The van der Waals surface area contributed by atoms with E-state index in [4.69, 9.17) is 0 Å². The molecule has 0 aliphatic rings. The molecule has 5 heteroatoms. The largest absolute Gasteiger partial charge is 0.347 e. The molecular weight excluding hydrogens is 283 g/mol. The molecule has 0 aliphatic heterocycles. The van der Waals surface area contributed by atoms with E-state index in [2.05, 4.69) is 10.3 Å². The predicted octanol–water partition coefficient (Wildman–Crippen LogP) is 2.60. The van der Waals surface area contributed by atoms with Crippen LogP contribution in [0.25, 0.3) is 10.8 Å². The van der Waals surface area contributed by atoms with Crippen LogP contribution in [-0.4, -0.2) is 10.9 Å². The Labute approximate surface area is 125 Å². The lowest BCUT2D eigenvalue weighted by atomic mass is 10.1. The number of carbonyl (C=O) groups is 1. The van der Waals surface area contributed by atoms with Gasteiger partial charge in [-0.3, -0.25) is 9.59 Å². The van der Waals surface area contributed by atoms with Crippen LogP contribution in [0.2, 0.25) is 0 Å². The van der Waals surface area contributed by atoms with Crippen molar-refractivity contribution in [3.63, 3.8) is 0 Å². The van der Waals surface area contributed by atoms with Gasteiger partial charge in [0.1, 0.15) is 11.5 Å². The summed E-state index contributed by atoms with van der Waals surface area (Å²) in [6.45, 7) is 0.364. The zero-order valence-corrected chi connectivity index (χ0v) is 11.6. The summed E-state index contributed by atoms with van der Waals surface area (Å²) in [4.78, 5) is 26.5. The maximum absolute atomic E-state index is 13.2. The Morgan fingerprint density at radius 3 is 2.64 bits per heavy atom. The quantitative estimate of drug-likeness (QED) is 0.780. The molecule has 0 aliphatic carbocycles. The number of pyridine rings is 1. The van der Waals surface area contributed by atoms with Crippen LogP contribution in [0.1, 0.15) is 16.1 Å². The lowest BCUT2D eigenvalue weighted by molar-refractivity contribution is 0.0946. The van der Waals surface area contributed by atoms with Crippen LogP contribution in [0.3, 0.4) is 0 Å². The molecule has 1 amide bonds. The van der Waals surface area contributed by atoms with Crippen LogP contribution in [0.15, 0.2) is 59.4 Å². The first-order valence-electron chi connectivity index (χ1n) is 6.78. The summed E-state index contributed by atoms with van der Waals surface area (Å²) in [5.41, 5.74) is 0.628. The fourth-order valence-corrected chi connectivity index (χ4v) is 2.23. The molecule has 2 aromatic carbocycles. The first kappa shape index (κ1) is 14.0. The first-order chi connectivity index (χ1) is 10.6. The highest BCUT2D eigenvalue weighted by molar-refractivity contribution is 5.96. The van der Waals surface area contributed by atoms with Gasteiger partial charge in [0.05, 0.1) is 0 Å². The van der Waals surface area contributed by atoms with Gasteiger partial charge in [-0.1, -0.05) is 36.4 Å². The Hall–Kier alpha value is -2.95. The van der Waals surface area contributed by atoms with Crippen LogP contribution < -0.4 is 10.9 Å². The van der Waals surface area contributed by atoms with Crippen LogP contribution in [0, 0.1) is 5.82 Å². The van der Waals surface area contributed by atoms with Gasteiger partial charge in [-0.15, -0.1) is 0 Å². The topological polar surface area (TPSA) is 62.0 Å². The molecular formula is C17H13FN2O2. The molecule has 0 unspecified atom stereocenters. The molecule has 0 atom stereocenters. The summed E-state index contributed by atoms with van der Waals surface area (Å²) in [6.07, 6.45) is 0. The summed E-state index contributed by atoms with van der Waals surface area (Å²) in [5.74, 6) is -0.869. The fourth-order valence-electron chi connectivity index (χ4n) is 2.23. The minimum atomic E-state index is -0.487. The number of fused-ring (bicyclic) bond motifs is 1. The van der Waals surface area contributed by atoms with Gasteiger partial charge >= 0.3 is 0 Å². The van der Waals surface area contributed by atoms with E-state index < -0.39 is 11.4 Å². The van der Waals surface area contributed by atoms with Gasteiger partial charge in [0, 0.05) is 11.9 Å². The number of nitrogens with one attached hydrogen (secondary N) is 2. The van der Waals surface area contributed by atoms with Crippen molar-refractivity contribution in [2.45, 2.75) is 6.54 Å². The number of benzene rings is 2. The predicted molar refractivity (Wildman–Crippen MR) is 82.1 cm³/mol. The minimum absolute atomic E-state index is 0.153. The molecule has 22 heavy (non-hydrogen) atoms. The summed E-state index contributed by atoms with van der Waals surface area (Å²) in [6, 6.07) is 14.9. The van der Waals surface area contributed by atoms with Crippen LogP contribution >= 0.6 is 0 Å². The number of amides is 1. The Kier molecular flexibility index (Phi) is 3.70. The van der Waals surface area contributed by atoms with E-state index >= 15 is 0 Å². The fraction of sp³-hybridized carbons (Fsp3) is 0.0588. The number of aromatic amines is 1. The minimum Gasteiger partial charge on any atom is -0.347 e. The van der Waals surface area contributed by atoms with Gasteiger partial charge in [-0.25, -0.2) is 4.39 Å². The van der Waals surface area contributed by atoms with Crippen molar-refractivity contribution in [1.82, 2.24) is 10.3 Å². The summed E-state index contributed by atoms with van der Waals surface area (Å²) in [5, 5.41) is 3.48. The zero-order valence-electron chi connectivity index (χ0n) is 11.6. The van der Waals surface area contributed by atoms with Crippen molar-refractivity contribution in [3.05, 3.63) is 82.0 Å².